The lowest BCUT2D eigenvalue weighted by molar-refractivity contribution is -0.125. The van der Waals surface area contributed by atoms with Gasteiger partial charge in [-0.05, 0) is 22.0 Å². The molecule has 0 aliphatic rings. The molecule has 1 aromatic rings. The summed E-state index contributed by atoms with van der Waals surface area (Å²) in [6.45, 7) is 0.351. The third kappa shape index (κ3) is 3.93. The van der Waals surface area contributed by atoms with Gasteiger partial charge in [-0.2, -0.15) is 5.48 Å². The quantitative estimate of drug-likeness (QED) is 0.642. The molecule has 0 aromatic carbocycles. The number of rotatable bonds is 5. The van der Waals surface area contributed by atoms with Crippen molar-refractivity contribution in [3.05, 3.63) is 19.8 Å². The van der Waals surface area contributed by atoms with E-state index in [0.717, 1.165) is 9.35 Å². The number of carbonyl (C=O) groups is 1. The first kappa shape index (κ1) is 11.9. The highest BCUT2D eigenvalue weighted by Gasteiger charge is 2.04. The number of hydroxylamine groups is 1. The molecular formula is C7H8BrClN2O2S. The average molecular weight is 300 g/mol. The molecule has 0 atom stereocenters. The summed E-state index contributed by atoms with van der Waals surface area (Å²) in [5, 5.41) is 0. The molecule has 0 spiro atoms. The Hall–Kier alpha value is -0.140. The zero-order valence-electron chi connectivity index (χ0n) is 7.05. The van der Waals surface area contributed by atoms with E-state index in [2.05, 4.69) is 21.4 Å². The van der Waals surface area contributed by atoms with Crippen LogP contribution in [-0.2, 0) is 16.2 Å². The SMILES string of the molecule is NC(=O)CONCc1cc(Br)c(Cl)s1. The zero-order valence-corrected chi connectivity index (χ0v) is 10.2. The summed E-state index contributed by atoms with van der Waals surface area (Å²) >= 11 is 10.5. The molecule has 0 saturated heterocycles. The summed E-state index contributed by atoms with van der Waals surface area (Å²) in [5.74, 6) is -0.511. The van der Waals surface area contributed by atoms with E-state index in [-0.39, 0.29) is 6.61 Å². The summed E-state index contributed by atoms with van der Waals surface area (Å²) in [5.41, 5.74) is 7.47. The van der Waals surface area contributed by atoms with Crippen molar-refractivity contribution in [3.8, 4) is 0 Å². The number of carbonyl (C=O) groups excluding carboxylic acids is 1. The first-order valence-corrected chi connectivity index (χ1v) is 5.65. The Morgan fingerprint density at radius 1 is 1.79 bits per heavy atom. The zero-order chi connectivity index (χ0) is 10.6. The molecule has 1 heterocycles. The van der Waals surface area contributed by atoms with E-state index in [9.17, 15) is 4.79 Å². The highest BCUT2D eigenvalue weighted by atomic mass is 79.9. The van der Waals surface area contributed by atoms with E-state index in [1.165, 1.54) is 11.3 Å². The van der Waals surface area contributed by atoms with E-state index in [4.69, 9.17) is 22.2 Å². The van der Waals surface area contributed by atoms with Gasteiger partial charge in [0, 0.05) is 9.35 Å². The first-order chi connectivity index (χ1) is 6.59. The standard InChI is InChI=1S/C7H8BrClN2O2S/c8-5-1-4(14-7(5)9)2-11-13-3-6(10)12/h1,11H,2-3H2,(H2,10,12). The Kier molecular flexibility index (Phi) is 4.83. The Morgan fingerprint density at radius 3 is 3.00 bits per heavy atom. The van der Waals surface area contributed by atoms with Crippen molar-refractivity contribution < 1.29 is 9.63 Å². The van der Waals surface area contributed by atoms with Gasteiger partial charge in [-0.1, -0.05) is 11.6 Å². The molecule has 0 fully saturated rings. The number of nitrogens with one attached hydrogen (secondary N) is 1. The lowest BCUT2D eigenvalue weighted by Crippen LogP contribution is -2.24. The fourth-order valence-corrected chi connectivity index (χ4v) is 2.44. The molecular weight excluding hydrogens is 292 g/mol. The Bertz CT molecular complexity index is 312. The van der Waals surface area contributed by atoms with Crippen molar-refractivity contribution in [2.45, 2.75) is 6.54 Å². The molecule has 78 valence electrons. The average Bonchev–Trinajstić information content (AvgIpc) is 2.40. The van der Waals surface area contributed by atoms with E-state index >= 15 is 0 Å². The fraction of sp³-hybridized carbons (Fsp3) is 0.286. The minimum Gasteiger partial charge on any atom is -0.368 e. The molecule has 3 N–H and O–H groups in total. The molecule has 0 radical (unpaired) electrons. The van der Waals surface area contributed by atoms with Gasteiger partial charge in [0.15, 0.2) is 0 Å². The van der Waals surface area contributed by atoms with Gasteiger partial charge >= 0.3 is 0 Å². The second-order valence-electron chi connectivity index (χ2n) is 2.41. The van der Waals surface area contributed by atoms with Crippen molar-refractivity contribution in [2.24, 2.45) is 5.73 Å². The lowest BCUT2D eigenvalue weighted by Gasteiger charge is -2.00. The third-order valence-electron chi connectivity index (χ3n) is 1.26. The summed E-state index contributed by atoms with van der Waals surface area (Å²) in [4.78, 5) is 16.1. The van der Waals surface area contributed by atoms with Gasteiger partial charge in [0.1, 0.15) is 10.9 Å². The summed E-state index contributed by atoms with van der Waals surface area (Å²) < 4.78 is 1.55. The van der Waals surface area contributed by atoms with E-state index in [1.54, 1.807) is 0 Å². The van der Waals surface area contributed by atoms with Gasteiger partial charge < -0.3 is 5.73 Å². The molecule has 1 rings (SSSR count). The van der Waals surface area contributed by atoms with Crippen molar-refractivity contribution in [1.82, 2.24) is 5.48 Å². The normalized spacial score (nSPS) is 10.4. The largest absolute Gasteiger partial charge is 0.368 e. The van der Waals surface area contributed by atoms with Crippen LogP contribution in [0.15, 0.2) is 10.5 Å². The number of amides is 1. The summed E-state index contributed by atoms with van der Waals surface area (Å²) in [6, 6.07) is 1.88. The van der Waals surface area contributed by atoms with Gasteiger partial charge in [-0.15, -0.1) is 11.3 Å². The van der Waals surface area contributed by atoms with Gasteiger partial charge in [0.2, 0.25) is 5.91 Å². The number of primary amides is 1. The van der Waals surface area contributed by atoms with Crippen LogP contribution in [0, 0.1) is 0 Å². The van der Waals surface area contributed by atoms with Crippen molar-refractivity contribution in [2.75, 3.05) is 6.61 Å². The molecule has 0 aliphatic carbocycles. The second kappa shape index (κ2) is 5.67. The Morgan fingerprint density at radius 2 is 2.50 bits per heavy atom. The number of thiophene rings is 1. The van der Waals surface area contributed by atoms with E-state index < -0.39 is 5.91 Å². The highest BCUT2D eigenvalue weighted by molar-refractivity contribution is 9.10. The first-order valence-electron chi connectivity index (χ1n) is 3.66. The van der Waals surface area contributed by atoms with Crippen molar-refractivity contribution in [1.29, 1.82) is 0 Å². The van der Waals surface area contributed by atoms with Crippen LogP contribution < -0.4 is 11.2 Å². The van der Waals surface area contributed by atoms with Gasteiger partial charge in [0.05, 0.1) is 6.54 Å². The number of hydrogen-bond donors (Lipinski definition) is 2. The van der Waals surface area contributed by atoms with Crippen LogP contribution in [0.3, 0.4) is 0 Å². The van der Waals surface area contributed by atoms with Crippen LogP contribution in [0.1, 0.15) is 4.88 Å². The molecule has 0 bridgehead atoms. The van der Waals surface area contributed by atoms with Crippen LogP contribution in [0.4, 0.5) is 0 Å². The van der Waals surface area contributed by atoms with Crippen LogP contribution >= 0.6 is 38.9 Å². The maximum atomic E-state index is 10.3. The van der Waals surface area contributed by atoms with Crippen molar-refractivity contribution >= 4 is 44.8 Å². The predicted octanol–water partition coefficient (Wildman–Crippen LogP) is 1.67. The van der Waals surface area contributed by atoms with Gasteiger partial charge in [-0.3, -0.25) is 9.63 Å². The van der Waals surface area contributed by atoms with Crippen LogP contribution in [0.25, 0.3) is 0 Å². The van der Waals surface area contributed by atoms with Crippen LogP contribution in [0.2, 0.25) is 4.34 Å². The topological polar surface area (TPSA) is 64.4 Å². The second-order valence-corrected chi connectivity index (χ2v) is 5.00. The number of halogens is 2. The van der Waals surface area contributed by atoms with Crippen LogP contribution in [-0.4, -0.2) is 12.5 Å². The van der Waals surface area contributed by atoms with Gasteiger partial charge in [0.25, 0.3) is 0 Å². The van der Waals surface area contributed by atoms with Crippen molar-refractivity contribution in [3.63, 3.8) is 0 Å². The molecule has 7 heteroatoms. The van der Waals surface area contributed by atoms with E-state index in [1.807, 2.05) is 6.07 Å². The highest BCUT2D eigenvalue weighted by Crippen LogP contribution is 2.31. The summed E-state index contributed by atoms with van der Waals surface area (Å²) in [6.07, 6.45) is 0. The minimum absolute atomic E-state index is 0.139. The monoisotopic (exact) mass is 298 g/mol. The molecule has 4 nitrogen and oxygen atoms in total. The fourth-order valence-electron chi connectivity index (χ4n) is 0.723. The molecule has 1 aromatic heterocycles. The Labute approximate surface area is 98.5 Å². The molecule has 14 heavy (non-hydrogen) atoms. The Balaban J connectivity index is 2.28. The summed E-state index contributed by atoms with van der Waals surface area (Å²) in [7, 11) is 0. The van der Waals surface area contributed by atoms with Gasteiger partial charge in [-0.25, -0.2) is 0 Å². The third-order valence-corrected chi connectivity index (χ3v) is 3.73. The minimum atomic E-state index is -0.511. The molecule has 0 saturated carbocycles. The molecule has 0 aliphatic heterocycles. The predicted molar refractivity (Wildman–Crippen MR) is 59.0 cm³/mol. The molecule has 0 unspecified atom stereocenters. The van der Waals surface area contributed by atoms with E-state index in [0.29, 0.717) is 10.9 Å². The lowest BCUT2D eigenvalue weighted by atomic mass is 10.5. The smallest absolute Gasteiger partial charge is 0.245 e. The maximum absolute atomic E-state index is 10.3. The van der Waals surface area contributed by atoms with Crippen LogP contribution in [0.5, 0.6) is 0 Å². The number of hydrogen-bond acceptors (Lipinski definition) is 4. The number of nitrogens with two attached hydrogens (primary N) is 1. The maximum Gasteiger partial charge on any atom is 0.245 e. The molecule has 1 amide bonds.